The number of aliphatic carboxylic acids is 1. The van der Waals surface area contributed by atoms with E-state index in [2.05, 4.69) is 6.92 Å². The monoisotopic (exact) mass is 296 g/mol. The molecule has 21 heavy (non-hydrogen) atoms. The van der Waals surface area contributed by atoms with Crippen molar-refractivity contribution in [3.8, 4) is 0 Å². The maximum Gasteiger partial charge on any atom is 0.331 e. The van der Waals surface area contributed by atoms with Gasteiger partial charge in [0.25, 0.3) is 0 Å². The first-order valence-corrected chi connectivity index (χ1v) is 7.81. The van der Waals surface area contributed by atoms with Crippen molar-refractivity contribution in [3.05, 3.63) is 23.8 Å². The summed E-state index contributed by atoms with van der Waals surface area (Å²) in [6, 6.07) is 0. The third kappa shape index (κ3) is 13.2. The number of ether oxygens (including phenoxy) is 1. The minimum atomic E-state index is -1.000. The molecule has 0 aliphatic rings. The third-order valence-electron chi connectivity index (χ3n) is 3.18. The fourth-order valence-electron chi connectivity index (χ4n) is 1.78. The van der Waals surface area contributed by atoms with Gasteiger partial charge in [0.1, 0.15) is 6.61 Å². The lowest BCUT2D eigenvalue weighted by molar-refractivity contribution is -0.137. The van der Waals surface area contributed by atoms with Crippen LogP contribution in [0.3, 0.4) is 0 Å². The number of allylic oxidation sites excluding steroid dienone is 1. The Hall–Kier alpha value is -1.58. The number of carbonyl (C=O) groups excluding carboxylic acids is 1. The fourth-order valence-corrected chi connectivity index (χ4v) is 1.78. The molecule has 0 heterocycles. The standard InChI is InChI=1S/C17H28O4/c1-3-4-5-6-7-8-9-10-11-12-16(18)21-14-13-15(2)17(19)20/h11-13H,3-10,14H2,1-2H3,(H,19,20). The second-order valence-electron chi connectivity index (χ2n) is 5.13. The van der Waals surface area contributed by atoms with Crippen LogP contribution in [-0.2, 0) is 14.3 Å². The summed E-state index contributed by atoms with van der Waals surface area (Å²) in [6.07, 6.45) is 14.3. The molecule has 0 aliphatic carbocycles. The van der Waals surface area contributed by atoms with Crippen LogP contribution in [0.2, 0.25) is 0 Å². The highest BCUT2D eigenvalue weighted by molar-refractivity contribution is 5.86. The zero-order valence-corrected chi connectivity index (χ0v) is 13.3. The number of esters is 1. The second-order valence-corrected chi connectivity index (χ2v) is 5.13. The predicted molar refractivity (Wildman–Crippen MR) is 84.1 cm³/mol. The van der Waals surface area contributed by atoms with Gasteiger partial charge in [0.2, 0.25) is 0 Å². The molecule has 0 unspecified atom stereocenters. The number of carboxylic acids is 1. The van der Waals surface area contributed by atoms with Gasteiger partial charge < -0.3 is 9.84 Å². The molecule has 0 radical (unpaired) electrons. The van der Waals surface area contributed by atoms with Gasteiger partial charge in [-0.1, -0.05) is 51.5 Å². The lowest BCUT2D eigenvalue weighted by Gasteiger charge is -1.99. The average Bonchev–Trinajstić information content (AvgIpc) is 2.45. The zero-order chi connectivity index (χ0) is 15.9. The Morgan fingerprint density at radius 2 is 1.67 bits per heavy atom. The van der Waals surface area contributed by atoms with Crippen LogP contribution < -0.4 is 0 Å². The summed E-state index contributed by atoms with van der Waals surface area (Å²) >= 11 is 0. The highest BCUT2D eigenvalue weighted by atomic mass is 16.5. The van der Waals surface area contributed by atoms with Gasteiger partial charge in [-0.25, -0.2) is 9.59 Å². The van der Waals surface area contributed by atoms with E-state index in [1.807, 2.05) is 6.08 Å². The summed E-state index contributed by atoms with van der Waals surface area (Å²) in [7, 11) is 0. The van der Waals surface area contributed by atoms with Gasteiger partial charge in [-0.3, -0.25) is 0 Å². The van der Waals surface area contributed by atoms with Crippen molar-refractivity contribution in [3.63, 3.8) is 0 Å². The number of carbonyl (C=O) groups is 2. The van der Waals surface area contributed by atoms with Gasteiger partial charge in [0.15, 0.2) is 0 Å². The molecule has 0 amide bonds. The van der Waals surface area contributed by atoms with E-state index >= 15 is 0 Å². The summed E-state index contributed by atoms with van der Waals surface area (Å²) in [5, 5.41) is 8.62. The quantitative estimate of drug-likeness (QED) is 0.332. The highest BCUT2D eigenvalue weighted by Gasteiger charge is 1.99. The highest BCUT2D eigenvalue weighted by Crippen LogP contribution is 2.08. The number of rotatable bonds is 12. The molecular weight excluding hydrogens is 268 g/mol. The molecule has 0 spiro atoms. The van der Waals surface area contributed by atoms with E-state index in [0.717, 1.165) is 12.8 Å². The van der Waals surface area contributed by atoms with Gasteiger partial charge in [-0.15, -0.1) is 0 Å². The minimum absolute atomic E-state index is 0.00125. The smallest absolute Gasteiger partial charge is 0.331 e. The Kier molecular flexibility index (Phi) is 12.4. The van der Waals surface area contributed by atoms with E-state index in [1.165, 1.54) is 57.6 Å². The van der Waals surface area contributed by atoms with Gasteiger partial charge >= 0.3 is 11.9 Å². The van der Waals surface area contributed by atoms with Gasteiger partial charge in [0, 0.05) is 11.6 Å². The van der Waals surface area contributed by atoms with Gasteiger partial charge in [-0.05, 0) is 25.8 Å². The van der Waals surface area contributed by atoms with Crippen LogP contribution in [0.1, 0.15) is 65.2 Å². The Balaban J connectivity index is 3.54. The van der Waals surface area contributed by atoms with Crippen molar-refractivity contribution in [1.82, 2.24) is 0 Å². The molecule has 1 N–H and O–H groups in total. The van der Waals surface area contributed by atoms with E-state index in [9.17, 15) is 9.59 Å². The fraction of sp³-hybridized carbons (Fsp3) is 0.647. The van der Waals surface area contributed by atoms with Crippen LogP contribution in [0.25, 0.3) is 0 Å². The molecule has 0 aromatic rings. The van der Waals surface area contributed by atoms with Crippen LogP contribution in [0.5, 0.6) is 0 Å². The van der Waals surface area contributed by atoms with E-state index in [0.29, 0.717) is 0 Å². The molecule has 0 atom stereocenters. The van der Waals surface area contributed by atoms with Crippen molar-refractivity contribution in [2.75, 3.05) is 6.61 Å². The molecule has 4 nitrogen and oxygen atoms in total. The molecular formula is C17H28O4. The largest absolute Gasteiger partial charge is 0.478 e. The molecule has 0 saturated carbocycles. The SMILES string of the molecule is CCCCCCCCCC=CC(=O)OCC=C(C)C(=O)O. The van der Waals surface area contributed by atoms with Crippen LogP contribution in [0.15, 0.2) is 23.8 Å². The Morgan fingerprint density at radius 1 is 1.05 bits per heavy atom. The van der Waals surface area contributed by atoms with E-state index in [-0.39, 0.29) is 12.2 Å². The number of hydrogen-bond acceptors (Lipinski definition) is 3. The lowest BCUT2D eigenvalue weighted by atomic mass is 10.1. The van der Waals surface area contributed by atoms with Crippen molar-refractivity contribution in [2.24, 2.45) is 0 Å². The molecule has 0 fully saturated rings. The maximum atomic E-state index is 11.3. The van der Waals surface area contributed by atoms with E-state index in [4.69, 9.17) is 9.84 Å². The maximum absolute atomic E-state index is 11.3. The Labute approximate surface area is 127 Å². The van der Waals surface area contributed by atoms with Crippen molar-refractivity contribution >= 4 is 11.9 Å². The summed E-state index contributed by atoms with van der Waals surface area (Å²) in [4.78, 5) is 21.8. The average molecular weight is 296 g/mol. The molecule has 0 aromatic heterocycles. The van der Waals surface area contributed by atoms with Crippen LogP contribution in [0, 0.1) is 0 Å². The van der Waals surface area contributed by atoms with E-state index < -0.39 is 11.9 Å². The van der Waals surface area contributed by atoms with Crippen molar-refractivity contribution in [1.29, 1.82) is 0 Å². The molecule has 0 saturated heterocycles. The Bertz CT molecular complexity index is 356. The Morgan fingerprint density at radius 3 is 2.29 bits per heavy atom. The normalized spacial score (nSPS) is 11.8. The number of hydrogen-bond donors (Lipinski definition) is 1. The van der Waals surface area contributed by atoms with Gasteiger partial charge in [-0.2, -0.15) is 0 Å². The molecule has 0 rings (SSSR count). The van der Waals surface area contributed by atoms with Crippen molar-refractivity contribution in [2.45, 2.75) is 65.2 Å². The van der Waals surface area contributed by atoms with Crippen LogP contribution in [-0.4, -0.2) is 23.7 Å². The molecule has 120 valence electrons. The molecule has 4 heteroatoms. The minimum Gasteiger partial charge on any atom is -0.478 e. The van der Waals surface area contributed by atoms with Crippen LogP contribution in [0.4, 0.5) is 0 Å². The summed E-state index contributed by atoms with van der Waals surface area (Å²) < 4.78 is 4.87. The first-order valence-electron chi connectivity index (χ1n) is 7.81. The molecule has 0 aliphatic heterocycles. The topological polar surface area (TPSA) is 63.6 Å². The zero-order valence-electron chi connectivity index (χ0n) is 13.3. The van der Waals surface area contributed by atoms with E-state index in [1.54, 1.807) is 0 Å². The van der Waals surface area contributed by atoms with Crippen LogP contribution >= 0.6 is 0 Å². The first-order chi connectivity index (χ1) is 10.1. The van der Waals surface area contributed by atoms with Gasteiger partial charge in [0.05, 0.1) is 0 Å². The summed E-state index contributed by atoms with van der Waals surface area (Å²) in [6.45, 7) is 3.67. The van der Waals surface area contributed by atoms with Crippen molar-refractivity contribution < 1.29 is 19.4 Å². The third-order valence-corrected chi connectivity index (χ3v) is 3.18. The molecule has 0 aromatic carbocycles. The summed E-state index contributed by atoms with van der Waals surface area (Å²) in [5.74, 6) is -1.42. The number of carboxylic acid groups (broad SMARTS) is 1. The molecule has 0 bridgehead atoms. The predicted octanol–water partition coefficient (Wildman–Crippen LogP) is 4.26. The lowest BCUT2D eigenvalue weighted by Crippen LogP contribution is -2.03. The summed E-state index contributed by atoms with van der Waals surface area (Å²) in [5.41, 5.74) is 0.176. The number of unbranched alkanes of at least 4 members (excludes halogenated alkanes) is 7. The first kappa shape index (κ1) is 19.4. The second kappa shape index (κ2) is 13.4.